The van der Waals surface area contributed by atoms with Gasteiger partial charge in [-0.25, -0.2) is 4.79 Å². The Kier molecular flexibility index (Phi) is 8.25. The van der Waals surface area contributed by atoms with Crippen LogP contribution in [0.4, 0.5) is 13.2 Å². The van der Waals surface area contributed by atoms with Gasteiger partial charge in [0.05, 0.1) is 18.1 Å². The van der Waals surface area contributed by atoms with Crippen LogP contribution in [0.5, 0.6) is 11.5 Å². The monoisotopic (exact) mass is 618 g/mol. The predicted octanol–water partition coefficient (Wildman–Crippen LogP) is 2.50. The second-order valence-corrected chi connectivity index (χ2v) is 11.4. The van der Waals surface area contributed by atoms with Crippen molar-refractivity contribution >= 4 is 18.2 Å². The molecule has 2 aromatic rings. The summed E-state index contributed by atoms with van der Waals surface area (Å²) in [6.45, 7) is 2.27. The number of piperidine rings is 1. The first-order valence-corrected chi connectivity index (χ1v) is 14.0. The summed E-state index contributed by atoms with van der Waals surface area (Å²) < 4.78 is 49.2. The lowest BCUT2D eigenvalue weighted by molar-refractivity contribution is -0.170. The molecule has 0 radical (unpaired) electrons. The lowest BCUT2D eigenvalue weighted by atomic mass is 9.50. The molecule has 2 aromatic carbocycles. The number of methoxy groups -OCH3 is 1. The average molecular weight is 619 g/mol. The van der Waals surface area contributed by atoms with Crippen molar-refractivity contribution in [1.82, 2.24) is 10.2 Å². The number of hydrogen-bond donors (Lipinski definition) is 3. The summed E-state index contributed by atoms with van der Waals surface area (Å²) in [7, 11) is 3.61. The van der Waals surface area contributed by atoms with Crippen molar-refractivity contribution in [3.05, 3.63) is 71.0 Å². The number of aldehydes is 1. The fourth-order valence-corrected chi connectivity index (χ4v) is 6.93. The quantitative estimate of drug-likeness (QED) is 0.330. The molecule has 0 saturated carbocycles. The Balaban J connectivity index is 0.000000584. The summed E-state index contributed by atoms with van der Waals surface area (Å²) in [5.74, 6) is 0.106. The van der Waals surface area contributed by atoms with E-state index in [9.17, 15) is 33.0 Å². The Labute approximate surface area is 251 Å². The zero-order valence-corrected chi connectivity index (χ0v) is 24.3. The molecule has 2 heterocycles. The zero-order valence-electron chi connectivity index (χ0n) is 24.3. The number of nitrogens with one attached hydrogen (secondary N) is 1. The molecule has 1 fully saturated rings. The molecule has 6 rings (SSSR count). The third-order valence-corrected chi connectivity index (χ3v) is 8.99. The van der Waals surface area contributed by atoms with Crippen molar-refractivity contribution in [3.8, 4) is 11.5 Å². The first-order valence-electron chi connectivity index (χ1n) is 14.0. The minimum absolute atomic E-state index is 0.111. The molecule has 1 spiro atoms. The summed E-state index contributed by atoms with van der Waals surface area (Å²) in [6, 6.07) is 11.3. The van der Waals surface area contributed by atoms with E-state index in [0.717, 1.165) is 17.7 Å². The lowest BCUT2D eigenvalue weighted by Crippen LogP contribution is -2.74. The van der Waals surface area contributed by atoms with E-state index in [2.05, 4.69) is 10.2 Å². The van der Waals surface area contributed by atoms with Gasteiger partial charge in [-0.3, -0.25) is 9.59 Å². The van der Waals surface area contributed by atoms with Crippen LogP contribution >= 0.6 is 0 Å². The molecule has 10 nitrogen and oxygen atoms in total. The van der Waals surface area contributed by atoms with E-state index in [-0.39, 0.29) is 6.04 Å². The summed E-state index contributed by atoms with van der Waals surface area (Å²) in [5, 5.41) is 25.2. The number of halogens is 3. The standard InChI is InChI=1S/C29H32N2O7.C2HF3O/c1-16(30-26(33)23(32)17-7-5-4-6-8-17)27(34)37-20-11-12-29(35)21-15-18-9-10-19(36-3)24-22(18)28(29,25(20)38-24)13-14-31(21)2;3-2(4,5)1-6/h4-11,16,21,23,25,32,35H,12-15H2,1-3H3,(H,30,33);1H/t16-,21+,23-,25-,28-,29+;/m0./s1. The minimum atomic E-state index is -4.64. The number of aliphatic hydroxyl groups excluding tert-OH is 1. The number of rotatable bonds is 6. The summed E-state index contributed by atoms with van der Waals surface area (Å²) in [4.78, 5) is 36.6. The lowest BCUT2D eigenvalue weighted by Gasteiger charge is -2.61. The maximum Gasteiger partial charge on any atom is 0.446 e. The number of aliphatic hydroxyl groups is 2. The van der Waals surface area contributed by atoms with Gasteiger partial charge in [0.15, 0.2) is 23.7 Å². The second kappa shape index (κ2) is 11.5. The molecular weight excluding hydrogens is 585 g/mol. The van der Waals surface area contributed by atoms with E-state index in [1.165, 1.54) is 6.92 Å². The number of esters is 1. The smallest absolute Gasteiger partial charge is 0.446 e. The molecule has 4 aliphatic rings. The highest BCUT2D eigenvalue weighted by atomic mass is 19.4. The number of carbonyl (C=O) groups is 3. The van der Waals surface area contributed by atoms with Crippen LogP contribution in [-0.4, -0.2) is 83.9 Å². The van der Waals surface area contributed by atoms with Crippen LogP contribution in [0.15, 0.2) is 54.3 Å². The Morgan fingerprint density at radius 1 is 1.20 bits per heavy atom. The molecular formula is C31H33F3N2O8. The topological polar surface area (TPSA) is 135 Å². The van der Waals surface area contributed by atoms with Crippen molar-refractivity contribution in [3.63, 3.8) is 0 Å². The van der Waals surface area contributed by atoms with Crippen LogP contribution < -0.4 is 14.8 Å². The number of amides is 1. The van der Waals surface area contributed by atoms with Crippen molar-refractivity contribution in [2.45, 2.75) is 67.7 Å². The van der Waals surface area contributed by atoms with Crippen molar-refractivity contribution in [1.29, 1.82) is 0 Å². The number of hydrogen-bond acceptors (Lipinski definition) is 9. The molecule has 2 bridgehead atoms. The summed E-state index contributed by atoms with van der Waals surface area (Å²) >= 11 is 0. The molecule has 3 N–H and O–H groups in total. The van der Waals surface area contributed by atoms with Crippen LogP contribution in [0.25, 0.3) is 0 Å². The van der Waals surface area contributed by atoms with Gasteiger partial charge in [0.2, 0.25) is 6.29 Å². The molecule has 2 aliphatic carbocycles. The normalized spacial score (nSPS) is 27.7. The van der Waals surface area contributed by atoms with Gasteiger partial charge in [-0.05, 0) is 56.6 Å². The van der Waals surface area contributed by atoms with E-state index in [0.29, 0.717) is 42.1 Å². The first-order chi connectivity index (χ1) is 20.8. The van der Waals surface area contributed by atoms with Crippen LogP contribution in [0, 0.1) is 0 Å². The molecule has 2 aliphatic heterocycles. The maximum absolute atomic E-state index is 13.1. The molecule has 1 amide bonds. The van der Waals surface area contributed by atoms with Crippen LogP contribution in [0.1, 0.15) is 42.6 Å². The van der Waals surface area contributed by atoms with Gasteiger partial charge in [-0.2, -0.15) is 13.2 Å². The predicted molar refractivity (Wildman–Crippen MR) is 149 cm³/mol. The Morgan fingerprint density at radius 2 is 1.89 bits per heavy atom. The Bertz CT molecular complexity index is 1480. The summed E-state index contributed by atoms with van der Waals surface area (Å²) in [5.41, 5.74) is 0.581. The van der Waals surface area contributed by atoms with Gasteiger partial charge in [0.1, 0.15) is 11.8 Å². The zero-order chi connectivity index (χ0) is 32.0. The van der Waals surface area contributed by atoms with Crippen LogP contribution in [-0.2, 0) is 31.0 Å². The average Bonchev–Trinajstić information content (AvgIpc) is 3.36. The van der Waals surface area contributed by atoms with Crippen LogP contribution in [0.3, 0.4) is 0 Å². The van der Waals surface area contributed by atoms with E-state index in [4.69, 9.17) is 19.0 Å². The number of likely N-dealkylation sites (N-methyl/N-ethyl adjacent to an activating group) is 1. The highest BCUT2D eigenvalue weighted by Gasteiger charge is 2.72. The van der Waals surface area contributed by atoms with E-state index in [1.807, 2.05) is 19.2 Å². The molecule has 6 atom stereocenters. The highest BCUT2D eigenvalue weighted by molar-refractivity contribution is 5.87. The van der Waals surface area contributed by atoms with Crippen LogP contribution in [0.2, 0.25) is 0 Å². The number of ether oxygens (including phenoxy) is 3. The molecule has 0 aromatic heterocycles. The molecule has 1 saturated heterocycles. The summed E-state index contributed by atoms with van der Waals surface area (Å²) in [6.07, 6.45) is -4.48. The molecule has 236 valence electrons. The van der Waals surface area contributed by atoms with E-state index >= 15 is 0 Å². The van der Waals surface area contributed by atoms with Gasteiger partial charge in [0, 0.05) is 18.0 Å². The Morgan fingerprint density at radius 3 is 2.52 bits per heavy atom. The first kappa shape index (κ1) is 31.5. The van der Waals surface area contributed by atoms with Crippen molar-refractivity contribution < 1.29 is 52.0 Å². The van der Waals surface area contributed by atoms with E-state index in [1.54, 1.807) is 43.5 Å². The molecule has 44 heavy (non-hydrogen) atoms. The molecule has 13 heteroatoms. The highest BCUT2D eigenvalue weighted by Crippen LogP contribution is 2.65. The number of likely N-dealkylation sites (tertiary alicyclic amines) is 1. The minimum Gasteiger partial charge on any atom is -0.493 e. The fraction of sp³-hybridized carbons (Fsp3) is 0.452. The number of benzene rings is 2. The van der Waals surface area contributed by atoms with Gasteiger partial charge >= 0.3 is 12.1 Å². The van der Waals surface area contributed by atoms with Gasteiger partial charge in [-0.15, -0.1) is 0 Å². The largest absolute Gasteiger partial charge is 0.493 e. The molecule has 0 unspecified atom stereocenters. The third-order valence-electron chi connectivity index (χ3n) is 8.99. The number of alkyl halides is 3. The number of carbonyl (C=O) groups excluding carboxylic acids is 3. The van der Waals surface area contributed by atoms with Crippen molar-refractivity contribution in [2.24, 2.45) is 0 Å². The Hall–Kier alpha value is -3.94. The second-order valence-electron chi connectivity index (χ2n) is 11.4. The third kappa shape index (κ3) is 5.12. The van der Waals surface area contributed by atoms with Gasteiger partial charge in [0.25, 0.3) is 5.91 Å². The SMILES string of the molecule is COc1ccc2c3c1O[C@H]1C(OC(=O)[C@H](C)NC(=O)[C@@H](O)c4ccccc4)=CC[C@@]4(O)[C@@H](C2)N(C)CC[C@]314.O=CC(F)(F)F. The van der Waals surface area contributed by atoms with Crippen molar-refractivity contribution in [2.75, 3.05) is 20.7 Å². The van der Waals surface area contributed by atoms with Gasteiger partial charge in [-0.1, -0.05) is 36.4 Å². The number of nitrogens with zero attached hydrogens (tertiary/aromatic N) is 1. The van der Waals surface area contributed by atoms with E-state index < -0.39 is 53.6 Å². The maximum atomic E-state index is 13.1. The van der Waals surface area contributed by atoms with Gasteiger partial charge < -0.3 is 34.6 Å². The fourth-order valence-electron chi connectivity index (χ4n) is 6.93.